The number of hydrogen-bond donors (Lipinski definition) is 0. The quantitative estimate of drug-likeness (QED) is 0.208. The molecule has 0 aliphatic heterocycles. The van der Waals surface area contributed by atoms with Gasteiger partial charge in [0.05, 0.1) is 14.9 Å². The summed E-state index contributed by atoms with van der Waals surface area (Å²) in [5.74, 6) is -1.01. The van der Waals surface area contributed by atoms with Crippen LogP contribution in [0.2, 0.25) is 0 Å². The van der Waals surface area contributed by atoms with Gasteiger partial charge in [-0.1, -0.05) is 68.4 Å². The van der Waals surface area contributed by atoms with Crippen molar-refractivity contribution in [3.05, 3.63) is 94.9 Å². The first-order chi connectivity index (χ1) is 17.1. The zero-order valence-electron chi connectivity index (χ0n) is 22.5. The number of pyridine rings is 1. The van der Waals surface area contributed by atoms with E-state index in [1.165, 1.54) is 0 Å². The van der Waals surface area contributed by atoms with Crippen LogP contribution in [0.3, 0.4) is 0 Å². The number of aromatic nitrogens is 1. The molecule has 0 spiro atoms. The molecule has 0 N–H and O–H groups in total. The molecule has 0 aliphatic rings. The van der Waals surface area contributed by atoms with Crippen molar-refractivity contribution < 1.29 is 13.1 Å². The Labute approximate surface area is 199 Å². The first kappa shape index (κ1) is 17.6. The molecule has 33 heavy (non-hydrogen) atoms. The van der Waals surface area contributed by atoms with Crippen molar-refractivity contribution in [1.29, 1.82) is 0 Å². The fourth-order valence-corrected chi connectivity index (χ4v) is 4.61. The summed E-state index contributed by atoms with van der Waals surface area (Å²) in [5.41, 5.74) is 7.03. The molecule has 0 saturated heterocycles. The summed E-state index contributed by atoms with van der Waals surface area (Å²) < 4.78 is 34.8. The molecule has 0 radical (unpaired) electrons. The molecule has 5 rings (SSSR count). The van der Waals surface area contributed by atoms with Crippen LogP contribution >= 0.6 is 0 Å². The van der Waals surface area contributed by atoms with Gasteiger partial charge in [0.1, 0.15) is 18.2 Å². The number of hydrogen-bond acceptors (Lipinski definition) is 1. The van der Waals surface area contributed by atoms with Gasteiger partial charge in [-0.2, -0.15) is 4.57 Å². The van der Waals surface area contributed by atoms with E-state index in [9.17, 15) is 0 Å². The van der Waals surface area contributed by atoms with Crippen LogP contribution in [-0.4, -0.2) is 0 Å². The maximum absolute atomic E-state index is 8.97. The Bertz CT molecular complexity index is 1690. The molecule has 0 amide bonds. The van der Waals surface area contributed by atoms with Crippen LogP contribution in [0.25, 0.3) is 49.2 Å². The third-order valence-electron chi connectivity index (χ3n) is 6.42. The van der Waals surface area contributed by atoms with Crippen molar-refractivity contribution in [3.8, 4) is 22.4 Å². The van der Waals surface area contributed by atoms with Gasteiger partial charge in [0, 0.05) is 36.2 Å². The first-order valence-electron chi connectivity index (χ1n) is 12.5. The fraction of sp³-hybridized carbons (Fsp3) is 0.200. The molecule has 0 saturated carbocycles. The highest BCUT2D eigenvalue weighted by Crippen LogP contribution is 2.44. The van der Waals surface area contributed by atoms with Crippen LogP contribution in [0.1, 0.15) is 40.7 Å². The summed E-state index contributed by atoms with van der Waals surface area (Å²) in [6.45, 7) is 15.1. The lowest BCUT2D eigenvalue weighted by Gasteiger charge is -2.11. The second-order valence-electron chi connectivity index (χ2n) is 8.67. The Balaban J connectivity index is 1.93. The second-order valence-corrected chi connectivity index (χ2v) is 8.67. The molecule has 162 valence electrons. The van der Waals surface area contributed by atoms with Crippen LogP contribution < -0.4 is 4.57 Å². The molecular formula is C30H27N2O+. The average molecular weight is 435 g/mol. The second kappa shape index (κ2) is 7.90. The number of aryl methyl sites for hydroxylation is 1. The predicted octanol–water partition coefficient (Wildman–Crippen LogP) is 8.04. The minimum atomic E-state index is -1.01. The number of benzene rings is 3. The van der Waals surface area contributed by atoms with Gasteiger partial charge >= 0.3 is 0 Å². The van der Waals surface area contributed by atoms with Crippen molar-refractivity contribution >= 4 is 27.6 Å². The van der Waals surface area contributed by atoms with Crippen molar-refractivity contribution in [2.45, 2.75) is 33.6 Å². The third-order valence-corrected chi connectivity index (χ3v) is 6.42. The zero-order chi connectivity index (χ0) is 25.9. The summed E-state index contributed by atoms with van der Waals surface area (Å²) in [5, 5.41) is 1.80. The van der Waals surface area contributed by atoms with Gasteiger partial charge in [-0.15, -0.1) is 0 Å². The van der Waals surface area contributed by atoms with E-state index in [-0.39, 0.29) is 12.1 Å². The van der Waals surface area contributed by atoms with E-state index in [0.717, 1.165) is 38.7 Å². The standard InChI is InChI=1S/C30H27N2O/c1-18(2)22-15-17-26(32(6)20(22)4)27-19(3)12-13-23-24-14-16-25(31-5)28(30(24)33-29(23)27)21-10-8-7-9-11-21/h7-18H,1-4,6H3/q+1/i15D,17D,18D. The lowest BCUT2D eigenvalue weighted by Crippen LogP contribution is -2.36. The maximum Gasteiger partial charge on any atom is 0.216 e. The van der Waals surface area contributed by atoms with Gasteiger partial charge in [0.15, 0.2) is 11.4 Å². The Morgan fingerprint density at radius 3 is 2.27 bits per heavy atom. The van der Waals surface area contributed by atoms with Crippen LogP contribution in [0.15, 0.2) is 71.1 Å². The zero-order valence-corrected chi connectivity index (χ0v) is 19.5. The molecule has 0 atom stereocenters. The average Bonchev–Trinajstić information content (AvgIpc) is 3.22. The van der Waals surface area contributed by atoms with Gasteiger partial charge < -0.3 is 4.42 Å². The molecule has 0 fully saturated rings. The van der Waals surface area contributed by atoms with Crippen molar-refractivity contribution in [1.82, 2.24) is 0 Å². The number of rotatable bonds is 3. The molecule has 3 aromatic carbocycles. The van der Waals surface area contributed by atoms with E-state index in [1.807, 2.05) is 80.1 Å². The van der Waals surface area contributed by atoms with Gasteiger partial charge in [-0.3, -0.25) is 0 Å². The highest BCUT2D eigenvalue weighted by molar-refractivity contribution is 6.15. The molecule has 0 aliphatic carbocycles. The molecule has 3 nitrogen and oxygen atoms in total. The third kappa shape index (κ3) is 3.22. The van der Waals surface area contributed by atoms with Crippen molar-refractivity contribution in [2.75, 3.05) is 0 Å². The highest BCUT2D eigenvalue weighted by atomic mass is 16.3. The van der Waals surface area contributed by atoms with Crippen molar-refractivity contribution in [2.24, 2.45) is 7.05 Å². The predicted molar refractivity (Wildman–Crippen MR) is 136 cm³/mol. The van der Waals surface area contributed by atoms with Crippen LogP contribution in [0.5, 0.6) is 0 Å². The molecule has 0 bridgehead atoms. The number of nitrogens with zero attached hydrogens (tertiary/aromatic N) is 2. The van der Waals surface area contributed by atoms with Gasteiger partial charge in [-0.25, -0.2) is 4.85 Å². The van der Waals surface area contributed by atoms with Crippen LogP contribution in [-0.2, 0) is 7.05 Å². The summed E-state index contributed by atoms with van der Waals surface area (Å²) in [7, 11) is 1.88. The van der Waals surface area contributed by atoms with E-state index in [1.54, 1.807) is 13.8 Å². The van der Waals surface area contributed by atoms with Crippen LogP contribution in [0.4, 0.5) is 5.69 Å². The Morgan fingerprint density at radius 1 is 0.939 bits per heavy atom. The molecule has 3 heteroatoms. The number of fused-ring (bicyclic) bond motifs is 3. The smallest absolute Gasteiger partial charge is 0.216 e. The topological polar surface area (TPSA) is 21.4 Å². The van der Waals surface area contributed by atoms with E-state index >= 15 is 0 Å². The van der Waals surface area contributed by atoms with Gasteiger partial charge in [0.2, 0.25) is 5.69 Å². The van der Waals surface area contributed by atoms with E-state index < -0.39 is 5.89 Å². The highest BCUT2D eigenvalue weighted by Gasteiger charge is 2.25. The lowest BCUT2D eigenvalue weighted by atomic mass is 9.96. The Morgan fingerprint density at radius 2 is 1.61 bits per heavy atom. The van der Waals surface area contributed by atoms with Gasteiger partial charge in [-0.05, 0) is 30.0 Å². The minimum Gasteiger partial charge on any atom is -0.456 e. The monoisotopic (exact) mass is 434 g/mol. The molecule has 0 unspecified atom stereocenters. The maximum atomic E-state index is 8.97. The van der Waals surface area contributed by atoms with Crippen LogP contribution in [0, 0.1) is 20.4 Å². The summed E-state index contributed by atoms with van der Waals surface area (Å²) >= 11 is 0. The molecular weight excluding hydrogens is 404 g/mol. The first-order valence-corrected chi connectivity index (χ1v) is 11.0. The normalized spacial score (nSPS) is 13.0. The largest absolute Gasteiger partial charge is 0.456 e. The minimum absolute atomic E-state index is 0.0633. The van der Waals surface area contributed by atoms with Crippen molar-refractivity contribution in [3.63, 3.8) is 0 Å². The lowest BCUT2D eigenvalue weighted by molar-refractivity contribution is -0.667. The summed E-state index contributed by atoms with van der Waals surface area (Å²) in [6.07, 6.45) is 0. The fourth-order valence-electron chi connectivity index (χ4n) is 4.61. The Kier molecular flexibility index (Phi) is 4.22. The molecule has 2 heterocycles. The number of furan rings is 1. The van der Waals surface area contributed by atoms with E-state index in [0.29, 0.717) is 28.1 Å². The van der Waals surface area contributed by atoms with E-state index in [4.69, 9.17) is 15.1 Å². The summed E-state index contributed by atoms with van der Waals surface area (Å²) in [4.78, 5) is 3.76. The SMILES string of the molecule is [2H]c1c([2H])c(-c2c(C)ccc3c2oc2c(-c4ccccc4)c([N+]#[C-])ccc23)[n+](C)c(C)c1C([2H])(C)C. The Hall–Kier alpha value is -3.90. The molecule has 5 aromatic rings. The molecule has 2 aromatic heterocycles. The van der Waals surface area contributed by atoms with Gasteiger partial charge in [0.25, 0.3) is 0 Å². The summed E-state index contributed by atoms with van der Waals surface area (Å²) in [6, 6.07) is 17.7. The van der Waals surface area contributed by atoms with E-state index in [2.05, 4.69) is 4.85 Å².